The van der Waals surface area contributed by atoms with Crippen LogP contribution in [0, 0.1) is 0 Å². The van der Waals surface area contributed by atoms with E-state index in [0.717, 1.165) is 0 Å². The van der Waals surface area contributed by atoms with Gasteiger partial charge in [-0.2, -0.15) is 13.2 Å². The summed E-state index contributed by atoms with van der Waals surface area (Å²) < 4.78 is 35.0. The van der Waals surface area contributed by atoms with Crippen LogP contribution >= 0.6 is 0 Å². The van der Waals surface area contributed by atoms with Crippen molar-refractivity contribution in [3.05, 3.63) is 0 Å². The molecular formula is C6H12F3N3. The highest BCUT2D eigenvalue weighted by molar-refractivity contribution is 5.81. The summed E-state index contributed by atoms with van der Waals surface area (Å²) in [4.78, 5) is 3.73. The third-order valence-corrected chi connectivity index (χ3v) is 1.16. The van der Waals surface area contributed by atoms with E-state index in [1.807, 2.05) is 0 Å². The number of aliphatic imine (C=N–C) groups is 1. The standard InChI is InChI=1S/C6H12F3N3/c1-2-11-5(12-10)3-4-6(7,8)9/h2-4,10H2,1H3,(H,11,12). The number of nitrogens with one attached hydrogen (secondary N) is 1. The first-order chi connectivity index (χ1) is 5.49. The SMILES string of the molecule is CCN=C(CCC(F)(F)F)NN. The van der Waals surface area contributed by atoms with Crippen molar-refractivity contribution < 1.29 is 13.2 Å². The Kier molecular flexibility index (Phi) is 4.65. The molecule has 3 nitrogen and oxygen atoms in total. The second kappa shape index (κ2) is 4.97. The van der Waals surface area contributed by atoms with E-state index in [2.05, 4.69) is 10.4 Å². The molecule has 0 radical (unpaired) electrons. The molecule has 72 valence electrons. The van der Waals surface area contributed by atoms with Crippen LogP contribution in [0.25, 0.3) is 0 Å². The highest BCUT2D eigenvalue weighted by Gasteiger charge is 2.27. The van der Waals surface area contributed by atoms with Gasteiger partial charge in [0.1, 0.15) is 5.84 Å². The van der Waals surface area contributed by atoms with Crippen molar-refractivity contribution in [1.29, 1.82) is 0 Å². The third kappa shape index (κ3) is 5.96. The molecule has 0 rings (SSSR count). The summed E-state index contributed by atoms with van der Waals surface area (Å²) in [5, 5.41) is 0. The molecule has 0 saturated carbocycles. The quantitative estimate of drug-likeness (QED) is 0.299. The van der Waals surface area contributed by atoms with Crippen molar-refractivity contribution in [3.8, 4) is 0 Å². The molecule has 0 saturated heterocycles. The molecule has 0 bridgehead atoms. The lowest BCUT2D eigenvalue weighted by molar-refractivity contribution is -0.132. The number of rotatable bonds is 3. The molecule has 0 aliphatic carbocycles. The summed E-state index contributed by atoms with van der Waals surface area (Å²) in [5.41, 5.74) is 2.13. The maximum Gasteiger partial charge on any atom is 0.389 e. The number of amidine groups is 1. The van der Waals surface area contributed by atoms with Crippen LogP contribution in [0.15, 0.2) is 4.99 Å². The Morgan fingerprint density at radius 2 is 2.08 bits per heavy atom. The predicted octanol–water partition coefficient (Wildman–Crippen LogP) is 1.21. The minimum Gasteiger partial charge on any atom is -0.312 e. The number of hydrogen-bond donors (Lipinski definition) is 2. The Hall–Kier alpha value is -0.780. The summed E-state index contributed by atoms with van der Waals surface area (Å²) in [6.45, 7) is 2.16. The van der Waals surface area contributed by atoms with E-state index in [-0.39, 0.29) is 12.3 Å². The molecule has 0 fully saturated rings. The Morgan fingerprint density at radius 1 is 1.50 bits per heavy atom. The molecule has 0 spiro atoms. The second-order valence-corrected chi connectivity index (χ2v) is 2.18. The molecular weight excluding hydrogens is 171 g/mol. The number of hydrazine groups is 1. The molecule has 12 heavy (non-hydrogen) atoms. The smallest absolute Gasteiger partial charge is 0.312 e. The van der Waals surface area contributed by atoms with Crippen molar-refractivity contribution in [2.24, 2.45) is 10.8 Å². The van der Waals surface area contributed by atoms with Gasteiger partial charge >= 0.3 is 6.18 Å². The number of nitrogens with two attached hydrogens (primary N) is 1. The predicted molar refractivity (Wildman–Crippen MR) is 40.6 cm³/mol. The van der Waals surface area contributed by atoms with Gasteiger partial charge in [-0.25, -0.2) is 5.84 Å². The molecule has 0 amide bonds. The number of nitrogens with zero attached hydrogens (tertiary/aromatic N) is 1. The van der Waals surface area contributed by atoms with Crippen LogP contribution in [0.3, 0.4) is 0 Å². The third-order valence-electron chi connectivity index (χ3n) is 1.16. The first-order valence-electron chi connectivity index (χ1n) is 3.56. The highest BCUT2D eigenvalue weighted by atomic mass is 19.4. The van der Waals surface area contributed by atoms with Gasteiger partial charge in [0.05, 0.1) is 6.42 Å². The van der Waals surface area contributed by atoms with Crippen molar-refractivity contribution >= 4 is 5.84 Å². The van der Waals surface area contributed by atoms with Crippen LogP contribution in [0.5, 0.6) is 0 Å². The fourth-order valence-electron chi connectivity index (χ4n) is 0.648. The summed E-state index contributed by atoms with van der Waals surface area (Å²) in [6.07, 6.45) is -5.23. The van der Waals surface area contributed by atoms with E-state index in [1.165, 1.54) is 0 Å². The van der Waals surface area contributed by atoms with E-state index < -0.39 is 12.6 Å². The average Bonchev–Trinajstić information content (AvgIpc) is 1.96. The Morgan fingerprint density at radius 3 is 2.42 bits per heavy atom. The van der Waals surface area contributed by atoms with Crippen molar-refractivity contribution in [2.75, 3.05) is 6.54 Å². The van der Waals surface area contributed by atoms with Crippen LogP contribution in [0.1, 0.15) is 19.8 Å². The van der Waals surface area contributed by atoms with E-state index in [9.17, 15) is 13.2 Å². The van der Waals surface area contributed by atoms with Gasteiger partial charge in [0, 0.05) is 13.0 Å². The van der Waals surface area contributed by atoms with Gasteiger partial charge in [0.15, 0.2) is 0 Å². The van der Waals surface area contributed by atoms with Crippen molar-refractivity contribution in [3.63, 3.8) is 0 Å². The van der Waals surface area contributed by atoms with E-state index in [4.69, 9.17) is 5.84 Å². The van der Waals surface area contributed by atoms with Gasteiger partial charge in [-0.1, -0.05) is 0 Å². The number of alkyl halides is 3. The summed E-state index contributed by atoms with van der Waals surface area (Å²) in [6, 6.07) is 0. The van der Waals surface area contributed by atoms with Gasteiger partial charge in [0.2, 0.25) is 0 Å². The number of hydrogen-bond acceptors (Lipinski definition) is 2. The molecule has 0 heterocycles. The maximum atomic E-state index is 11.7. The molecule has 0 aliphatic heterocycles. The lowest BCUT2D eigenvalue weighted by Gasteiger charge is -2.07. The normalized spacial score (nSPS) is 13.2. The van der Waals surface area contributed by atoms with Gasteiger partial charge in [-0.05, 0) is 6.92 Å². The van der Waals surface area contributed by atoms with Gasteiger partial charge in [-0.3, -0.25) is 4.99 Å². The highest BCUT2D eigenvalue weighted by Crippen LogP contribution is 2.21. The van der Waals surface area contributed by atoms with Crippen LogP contribution in [0.4, 0.5) is 13.2 Å². The maximum absolute atomic E-state index is 11.7. The first-order valence-corrected chi connectivity index (χ1v) is 3.56. The largest absolute Gasteiger partial charge is 0.389 e. The summed E-state index contributed by atoms with van der Waals surface area (Å²) >= 11 is 0. The summed E-state index contributed by atoms with van der Waals surface area (Å²) in [7, 11) is 0. The second-order valence-electron chi connectivity index (χ2n) is 2.18. The van der Waals surface area contributed by atoms with E-state index >= 15 is 0 Å². The fraction of sp³-hybridized carbons (Fsp3) is 0.833. The molecule has 0 aliphatic rings. The zero-order valence-corrected chi connectivity index (χ0v) is 6.78. The molecule has 0 aromatic heterocycles. The van der Waals surface area contributed by atoms with Crippen LogP contribution in [-0.2, 0) is 0 Å². The van der Waals surface area contributed by atoms with Crippen LogP contribution in [0.2, 0.25) is 0 Å². The number of halogens is 3. The zero-order valence-electron chi connectivity index (χ0n) is 6.78. The minimum atomic E-state index is -4.15. The molecule has 0 aromatic rings. The molecule has 3 N–H and O–H groups in total. The molecule has 6 heteroatoms. The summed E-state index contributed by atoms with van der Waals surface area (Å²) in [5.74, 6) is 5.13. The molecule has 0 atom stereocenters. The fourth-order valence-corrected chi connectivity index (χ4v) is 0.648. The van der Waals surface area contributed by atoms with Gasteiger partial charge in [-0.15, -0.1) is 0 Å². The lowest BCUT2D eigenvalue weighted by Crippen LogP contribution is -2.31. The lowest BCUT2D eigenvalue weighted by atomic mass is 10.3. The van der Waals surface area contributed by atoms with Gasteiger partial charge < -0.3 is 5.43 Å². The monoisotopic (exact) mass is 183 g/mol. The van der Waals surface area contributed by atoms with Crippen LogP contribution < -0.4 is 11.3 Å². The topological polar surface area (TPSA) is 50.4 Å². The van der Waals surface area contributed by atoms with E-state index in [1.54, 1.807) is 6.92 Å². The minimum absolute atomic E-state index is 0.187. The van der Waals surface area contributed by atoms with Crippen LogP contribution in [-0.4, -0.2) is 18.6 Å². The van der Waals surface area contributed by atoms with Crippen molar-refractivity contribution in [2.45, 2.75) is 25.9 Å². The average molecular weight is 183 g/mol. The Labute approximate surface area is 68.8 Å². The van der Waals surface area contributed by atoms with E-state index in [0.29, 0.717) is 6.54 Å². The molecule has 0 aromatic carbocycles. The molecule has 0 unspecified atom stereocenters. The van der Waals surface area contributed by atoms with Gasteiger partial charge in [0.25, 0.3) is 0 Å². The van der Waals surface area contributed by atoms with Crippen molar-refractivity contribution in [1.82, 2.24) is 5.43 Å². The Bertz CT molecular complexity index is 153. The zero-order chi connectivity index (χ0) is 9.61. The Balaban J connectivity index is 3.81. The first kappa shape index (κ1) is 11.2.